The number of hydrogen-bond acceptors (Lipinski definition) is 5. The SMILES string of the molecule is C=C(C)C(=O)OCC(O)COCCCCO. The molecule has 2 N–H and O–H groups in total. The summed E-state index contributed by atoms with van der Waals surface area (Å²) in [6.07, 6.45) is 0.604. The highest BCUT2D eigenvalue weighted by molar-refractivity contribution is 5.86. The van der Waals surface area contributed by atoms with Crippen molar-refractivity contribution in [3.63, 3.8) is 0 Å². The second-order valence-corrected chi connectivity index (χ2v) is 3.54. The van der Waals surface area contributed by atoms with Gasteiger partial charge in [0.25, 0.3) is 0 Å². The van der Waals surface area contributed by atoms with Gasteiger partial charge in [0.15, 0.2) is 0 Å². The van der Waals surface area contributed by atoms with Crippen LogP contribution in [0.25, 0.3) is 0 Å². The monoisotopic (exact) mass is 232 g/mol. The molecular weight excluding hydrogens is 212 g/mol. The zero-order valence-corrected chi connectivity index (χ0v) is 9.65. The standard InChI is InChI=1S/C11H20O5/c1-9(2)11(14)16-8-10(13)7-15-6-4-3-5-12/h10,12-13H,1,3-8H2,2H3. The van der Waals surface area contributed by atoms with E-state index in [-0.39, 0.29) is 19.8 Å². The fraction of sp³-hybridized carbons (Fsp3) is 0.727. The summed E-state index contributed by atoms with van der Waals surface area (Å²) in [6.45, 7) is 5.61. The average molecular weight is 232 g/mol. The largest absolute Gasteiger partial charge is 0.460 e. The molecule has 5 heteroatoms. The van der Waals surface area contributed by atoms with Crippen LogP contribution in [0.3, 0.4) is 0 Å². The van der Waals surface area contributed by atoms with Gasteiger partial charge in [0, 0.05) is 18.8 Å². The molecule has 1 atom stereocenters. The van der Waals surface area contributed by atoms with E-state index >= 15 is 0 Å². The van der Waals surface area contributed by atoms with Crippen molar-refractivity contribution in [2.45, 2.75) is 25.9 Å². The summed E-state index contributed by atoms with van der Waals surface area (Å²) in [6, 6.07) is 0. The molecule has 16 heavy (non-hydrogen) atoms. The number of aliphatic hydroxyl groups is 2. The predicted molar refractivity (Wildman–Crippen MR) is 58.9 cm³/mol. The molecule has 5 nitrogen and oxygen atoms in total. The number of unbranched alkanes of at least 4 members (excludes halogenated alkanes) is 1. The van der Waals surface area contributed by atoms with E-state index in [1.165, 1.54) is 0 Å². The smallest absolute Gasteiger partial charge is 0.333 e. The molecule has 0 bridgehead atoms. The van der Waals surface area contributed by atoms with Crippen LogP contribution in [0, 0.1) is 0 Å². The van der Waals surface area contributed by atoms with Gasteiger partial charge in [0.2, 0.25) is 0 Å². The van der Waals surface area contributed by atoms with Gasteiger partial charge in [-0.25, -0.2) is 4.79 Å². The topological polar surface area (TPSA) is 76.0 Å². The van der Waals surface area contributed by atoms with Crippen LogP contribution < -0.4 is 0 Å². The van der Waals surface area contributed by atoms with Gasteiger partial charge in [-0.05, 0) is 19.8 Å². The summed E-state index contributed by atoms with van der Waals surface area (Å²) in [5.74, 6) is -0.515. The highest BCUT2D eigenvalue weighted by Gasteiger charge is 2.09. The van der Waals surface area contributed by atoms with Gasteiger partial charge in [-0.3, -0.25) is 0 Å². The third kappa shape index (κ3) is 8.40. The molecule has 0 amide bonds. The molecule has 0 aliphatic rings. The third-order valence-corrected chi connectivity index (χ3v) is 1.76. The number of aliphatic hydroxyl groups excluding tert-OH is 2. The maximum Gasteiger partial charge on any atom is 0.333 e. The summed E-state index contributed by atoms with van der Waals surface area (Å²) >= 11 is 0. The third-order valence-electron chi connectivity index (χ3n) is 1.76. The molecule has 0 aromatic carbocycles. The van der Waals surface area contributed by atoms with Crippen LogP contribution in [0.2, 0.25) is 0 Å². The van der Waals surface area contributed by atoms with E-state index in [1.807, 2.05) is 0 Å². The Kier molecular flexibility index (Phi) is 8.80. The maximum absolute atomic E-state index is 11.0. The van der Waals surface area contributed by atoms with Crippen molar-refractivity contribution >= 4 is 5.97 Å². The maximum atomic E-state index is 11.0. The second kappa shape index (κ2) is 9.33. The summed E-state index contributed by atoms with van der Waals surface area (Å²) in [7, 11) is 0. The number of esters is 1. The van der Waals surface area contributed by atoms with Crippen molar-refractivity contribution in [3.05, 3.63) is 12.2 Å². The van der Waals surface area contributed by atoms with Gasteiger partial charge in [-0.1, -0.05) is 6.58 Å². The molecule has 1 unspecified atom stereocenters. The predicted octanol–water partition coefficient (Wildman–Crippen LogP) is 0.256. The Morgan fingerprint density at radius 1 is 1.38 bits per heavy atom. The van der Waals surface area contributed by atoms with Crippen LogP contribution in [0.4, 0.5) is 0 Å². The number of rotatable bonds is 9. The van der Waals surface area contributed by atoms with Crippen molar-refractivity contribution < 1.29 is 24.5 Å². The minimum Gasteiger partial charge on any atom is -0.460 e. The van der Waals surface area contributed by atoms with Gasteiger partial charge in [-0.2, -0.15) is 0 Å². The first kappa shape index (κ1) is 15.1. The van der Waals surface area contributed by atoms with E-state index in [0.717, 1.165) is 6.42 Å². The lowest BCUT2D eigenvalue weighted by Gasteiger charge is -2.11. The van der Waals surface area contributed by atoms with Gasteiger partial charge >= 0.3 is 5.97 Å². The number of hydrogen-bond donors (Lipinski definition) is 2. The summed E-state index contributed by atoms with van der Waals surface area (Å²) < 4.78 is 9.85. The molecule has 0 fully saturated rings. The average Bonchev–Trinajstić information content (AvgIpc) is 2.25. The molecule has 94 valence electrons. The Morgan fingerprint density at radius 2 is 2.06 bits per heavy atom. The van der Waals surface area contributed by atoms with Crippen molar-refractivity contribution in [1.82, 2.24) is 0 Å². The Balaban J connectivity index is 3.41. The first-order chi connectivity index (χ1) is 7.57. The molecule has 0 radical (unpaired) electrons. The van der Waals surface area contributed by atoms with Gasteiger partial charge < -0.3 is 19.7 Å². The molecule has 0 saturated carbocycles. The fourth-order valence-corrected chi connectivity index (χ4v) is 0.878. The summed E-state index contributed by atoms with van der Waals surface area (Å²) in [5, 5.41) is 17.9. The van der Waals surface area contributed by atoms with E-state index < -0.39 is 12.1 Å². The van der Waals surface area contributed by atoms with Crippen molar-refractivity contribution in [1.29, 1.82) is 0 Å². The number of carbonyl (C=O) groups excluding carboxylic acids is 1. The van der Waals surface area contributed by atoms with Gasteiger partial charge in [-0.15, -0.1) is 0 Å². The molecule has 0 rings (SSSR count). The lowest BCUT2D eigenvalue weighted by Crippen LogP contribution is -2.24. The number of carbonyl (C=O) groups is 1. The van der Waals surface area contributed by atoms with E-state index in [1.54, 1.807) is 6.92 Å². The highest BCUT2D eigenvalue weighted by Crippen LogP contribution is 1.96. The molecular formula is C11H20O5. The van der Waals surface area contributed by atoms with Gasteiger partial charge in [0.1, 0.15) is 12.7 Å². The lowest BCUT2D eigenvalue weighted by molar-refractivity contribution is -0.143. The fourth-order valence-electron chi connectivity index (χ4n) is 0.878. The van der Waals surface area contributed by atoms with Crippen molar-refractivity contribution in [2.24, 2.45) is 0 Å². The Bertz CT molecular complexity index is 214. The Morgan fingerprint density at radius 3 is 2.62 bits per heavy atom. The summed E-state index contributed by atoms with van der Waals surface area (Å²) in [5.41, 5.74) is 0.302. The minimum atomic E-state index is -0.822. The molecule has 0 aromatic rings. The van der Waals surface area contributed by atoms with E-state index in [9.17, 15) is 9.90 Å². The molecule has 0 aromatic heterocycles. The molecule has 0 aliphatic carbocycles. The van der Waals surface area contributed by atoms with E-state index in [0.29, 0.717) is 18.6 Å². The van der Waals surface area contributed by atoms with Crippen molar-refractivity contribution in [3.8, 4) is 0 Å². The van der Waals surface area contributed by atoms with Crippen LogP contribution in [-0.2, 0) is 14.3 Å². The highest BCUT2D eigenvalue weighted by atomic mass is 16.5. The van der Waals surface area contributed by atoms with E-state index in [2.05, 4.69) is 6.58 Å². The van der Waals surface area contributed by atoms with Crippen LogP contribution in [-0.4, -0.2) is 48.7 Å². The first-order valence-corrected chi connectivity index (χ1v) is 5.27. The molecule has 0 spiro atoms. The van der Waals surface area contributed by atoms with Crippen LogP contribution >= 0.6 is 0 Å². The zero-order chi connectivity index (χ0) is 12.4. The Labute approximate surface area is 95.7 Å². The minimum absolute atomic E-state index is 0.0916. The summed E-state index contributed by atoms with van der Waals surface area (Å²) in [4.78, 5) is 11.0. The van der Waals surface area contributed by atoms with Crippen LogP contribution in [0.1, 0.15) is 19.8 Å². The van der Waals surface area contributed by atoms with Gasteiger partial charge in [0.05, 0.1) is 6.61 Å². The number of ether oxygens (including phenoxy) is 2. The molecule has 0 saturated heterocycles. The van der Waals surface area contributed by atoms with Crippen molar-refractivity contribution in [2.75, 3.05) is 26.4 Å². The zero-order valence-electron chi connectivity index (χ0n) is 9.65. The molecule has 0 heterocycles. The second-order valence-electron chi connectivity index (χ2n) is 3.54. The Hall–Kier alpha value is -0.910. The quantitative estimate of drug-likeness (QED) is 0.339. The normalized spacial score (nSPS) is 12.2. The van der Waals surface area contributed by atoms with Crippen LogP contribution in [0.15, 0.2) is 12.2 Å². The van der Waals surface area contributed by atoms with Crippen LogP contribution in [0.5, 0.6) is 0 Å². The molecule has 0 aliphatic heterocycles. The van der Waals surface area contributed by atoms with E-state index in [4.69, 9.17) is 14.6 Å². The first-order valence-electron chi connectivity index (χ1n) is 5.27. The lowest BCUT2D eigenvalue weighted by atomic mass is 10.3.